The molecule has 114 valence electrons. The molecule has 0 aliphatic heterocycles. The Labute approximate surface area is 135 Å². The van der Waals surface area contributed by atoms with Gasteiger partial charge in [-0.3, -0.25) is 0 Å². The van der Waals surface area contributed by atoms with Crippen molar-refractivity contribution in [2.24, 2.45) is 0 Å². The molecule has 0 aliphatic carbocycles. The highest BCUT2D eigenvalue weighted by Gasteiger charge is 2.39. The van der Waals surface area contributed by atoms with Crippen molar-refractivity contribution in [3.05, 3.63) is 70.2 Å². The number of halogens is 4. The lowest BCUT2D eigenvalue weighted by atomic mass is 10.2. The minimum atomic E-state index is -4.53. The predicted octanol–water partition coefficient (Wildman–Crippen LogP) is 4.95. The highest BCUT2D eigenvalue weighted by atomic mass is 79.9. The summed E-state index contributed by atoms with van der Waals surface area (Å²) in [6.45, 7) is -0.139. The van der Waals surface area contributed by atoms with Crippen LogP contribution in [0.4, 0.5) is 13.2 Å². The second-order valence-electron chi connectivity index (χ2n) is 4.49. The van der Waals surface area contributed by atoms with E-state index in [1.807, 2.05) is 0 Å². The summed E-state index contributed by atoms with van der Waals surface area (Å²) in [5.74, 6) is 4.65. The van der Waals surface area contributed by atoms with E-state index >= 15 is 0 Å². The molecule has 0 bridgehead atoms. The largest absolute Gasteiger partial charge is 0.426 e. The van der Waals surface area contributed by atoms with Gasteiger partial charge in [-0.15, -0.1) is 0 Å². The summed E-state index contributed by atoms with van der Waals surface area (Å²) in [6.07, 6.45) is -6.65. The van der Waals surface area contributed by atoms with Gasteiger partial charge in [0.05, 0.1) is 6.61 Å². The van der Waals surface area contributed by atoms with Crippen LogP contribution in [0.1, 0.15) is 11.1 Å². The van der Waals surface area contributed by atoms with Crippen molar-refractivity contribution in [3.8, 4) is 11.8 Å². The molecule has 22 heavy (non-hydrogen) atoms. The Kier molecular flexibility index (Phi) is 5.64. The van der Waals surface area contributed by atoms with E-state index in [-0.39, 0.29) is 6.61 Å². The maximum Gasteiger partial charge on any atom is 0.426 e. The molecular weight excluding hydrogens is 357 g/mol. The van der Waals surface area contributed by atoms with Crippen molar-refractivity contribution in [1.29, 1.82) is 0 Å². The molecule has 1 atom stereocenters. The van der Waals surface area contributed by atoms with Crippen LogP contribution in [0.5, 0.6) is 0 Å². The average molecular weight is 369 g/mol. The first-order valence-corrected chi connectivity index (χ1v) is 7.24. The summed E-state index contributed by atoms with van der Waals surface area (Å²) in [7, 11) is 0. The van der Waals surface area contributed by atoms with E-state index in [0.717, 1.165) is 4.47 Å². The lowest BCUT2D eigenvalue weighted by molar-refractivity contribution is -0.203. The third-order valence-corrected chi connectivity index (χ3v) is 3.28. The molecule has 2 aromatic carbocycles. The monoisotopic (exact) mass is 368 g/mol. The van der Waals surface area contributed by atoms with Gasteiger partial charge >= 0.3 is 6.18 Å². The third-order valence-electron chi connectivity index (χ3n) is 2.75. The van der Waals surface area contributed by atoms with Gasteiger partial charge in [-0.2, -0.15) is 13.2 Å². The number of hydrogen-bond acceptors (Lipinski definition) is 1. The molecule has 2 aromatic rings. The van der Waals surface area contributed by atoms with Crippen LogP contribution < -0.4 is 0 Å². The maximum absolute atomic E-state index is 13.0. The third kappa shape index (κ3) is 5.21. The fourth-order valence-corrected chi connectivity index (χ4v) is 1.92. The molecule has 0 heterocycles. The first kappa shape index (κ1) is 16.6. The van der Waals surface area contributed by atoms with Gasteiger partial charge in [0.15, 0.2) is 0 Å². The Bertz CT molecular complexity index is 654. The van der Waals surface area contributed by atoms with Gasteiger partial charge in [-0.25, -0.2) is 0 Å². The summed E-state index contributed by atoms with van der Waals surface area (Å²) < 4.78 is 44.6. The number of alkyl halides is 3. The molecule has 0 spiro atoms. The first-order valence-electron chi connectivity index (χ1n) is 6.44. The highest BCUT2D eigenvalue weighted by Crippen LogP contribution is 2.23. The summed E-state index contributed by atoms with van der Waals surface area (Å²) in [5.41, 5.74) is 1.17. The Balaban J connectivity index is 2.09. The van der Waals surface area contributed by atoms with Crippen LogP contribution in [0.2, 0.25) is 0 Å². The van der Waals surface area contributed by atoms with Gasteiger partial charge in [-0.1, -0.05) is 58.1 Å². The van der Waals surface area contributed by atoms with Crippen molar-refractivity contribution in [1.82, 2.24) is 0 Å². The molecule has 0 aliphatic rings. The molecule has 5 heteroatoms. The van der Waals surface area contributed by atoms with E-state index in [0.29, 0.717) is 11.1 Å². The predicted molar refractivity (Wildman–Crippen MR) is 82.1 cm³/mol. The molecule has 0 radical (unpaired) electrons. The zero-order chi connectivity index (χ0) is 16.0. The van der Waals surface area contributed by atoms with Crippen LogP contribution in [0, 0.1) is 11.8 Å². The van der Waals surface area contributed by atoms with Gasteiger partial charge < -0.3 is 4.74 Å². The van der Waals surface area contributed by atoms with Crippen molar-refractivity contribution in [2.75, 3.05) is 0 Å². The van der Waals surface area contributed by atoms with Gasteiger partial charge in [0.1, 0.15) is 0 Å². The average Bonchev–Trinajstić information content (AvgIpc) is 2.49. The number of ether oxygens (including phenoxy) is 1. The zero-order valence-electron chi connectivity index (χ0n) is 11.4. The van der Waals surface area contributed by atoms with Crippen molar-refractivity contribution < 1.29 is 17.9 Å². The standard InChI is InChI=1S/C17H12BrF3O/c18-15-9-6-13(7-10-15)8-11-16(17(19,20)21)22-12-14-4-2-1-3-5-14/h1-7,9-10,16H,12H2/t16-/m1/s1. The van der Waals surface area contributed by atoms with E-state index < -0.39 is 12.3 Å². The molecule has 0 amide bonds. The molecule has 0 saturated heterocycles. The fraction of sp³-hybridized carbons (Fsp3) is 0.176. The fourth-order valence-electron chi connectivity index (χ4n) is 1.65. The Hall–Kier alpha value is -1.77. The number of rotatable bonds is 3. The van der Waals surface area contributed by atoms with Crippen LogP contribution in [-0.4, -0.2) is 12.3 Å². The van der Waals surface area contributed by atoms with Crippen molar-refractivity contribution in [3.63, 3.8) is 0 Å². The summed E-state index contributed by atoms with van der Waals surface area (Å²) in [5, 5.41) is 0. The molecule has 0 saturated carbocycles. The van der Waals surface area contributed by atoms with Crippen LogP contribution >= 0.6 is 15.9 Å². The molecular formula is C17H12BrF3O. The minimum Gasteiger partial charge on any atom is -0.352 e. The Morgan fingerprint density at radius 3 is 2.23 bits per heavy atom. The summed E-state index contributed by atoms with van der Waals surface area (Å²) >= 11 is 3.26. The summed E-state index contributed by atoms with van der Waals surface area (Å²) in [6, 6.07) is 15.4. The van der Waals surface area contributed by atoms with Gasteiger partial charge in [0.25, 0.3) is 0 Å². The van der Waals surface area contributed by atoms with E-state index in [2.05, 4.69) is 27.8 Å². The maximum atomic E-state index is 13.0. The second-order valence-corrected chi connectivity index (χ2v) is 5.41. The topological polar surface area (TPSA) is 9.23 Å². The zero-order valence-corrected chi connectivity index (χ0v) is 13.0. The lowest BCUT2D eigenvalue weighted by Gasteiger charge is -2.15. The van der Waals surface area contributed by atoms with Gasteiger partial charge in [0, 0.05) is 10.0 Å². The number of hydrogen-bond donors (Lipinski definition) is 0. The molecule has 0 N–H and O–H groups in total. The molecule has 2 rings (SSSR count). The Morgan fingerprint density at radius 1 is 1.00 bits per heavy atom. The second kappa shape index (κ2) is 7.48. The van der Waals surface area contributed by atoms with Crippen LogP contribution in [0.25, 0.3) is 0 Å². The van der Waals surface area contributed by atoms with E-state index in [1.54, 1.807) is 54.6 Å². The van der Waals surface area contributed by atoms with Crippen LogP contribution in [0.15, 0.2) is 59.1 Å². The SMILES string of the molecule is FC(F)(F)[C@@H](C#Cc1ccc(Br)cc1)OCc1ccccc1. The Morgan fingerprint density at radius 2 is 1.64 bits per heavy atom. The van der Waals surface area contributed by atoms with Gasteiger partial charge in [-0.05, 0) is 29.8 Å². The quantitative estimate of drug-likeness (QED) is 0.696. The van der Waals surface area contributed by atoms with Crippen LogP contribution in [-0.2, 0) is 11.3 Å². The van der Waals surface area contributed by atoms with E-state index in [4.69, 9.17) is 4.74 Å². The van der Waals surface area contributed by atoms with E-state index in [1.165, 1.54) is 0 Å². The molecule has 0 unspecified atom stereocenters. The normalized spacial score (nSPS) is 12.4. The van der Waals surface area contributed by atoms with Crippen molar-refractivity contribution in [2.45, 2.75) is 18.9 Å². The summed E-state index contributed by atoms with van der Waals surface area (Å²) in [4.78, 5) is 0. The first-order chi connectivity index (χ1) is 10.4. The van der Waals surface area contributed by atoms with Gasteiger partial charge in [0.2, 0.25) is 6.10 Å². The molecule has 0 fully saturated rings. The van der Waals surface area contributed by atoms with Crippen LogP contribution in [0.3, 0.4) is 0 Å². The van der Waals surface area contributed by atoms with E-state index in [9.17, 15) is 13.2 Å². The molecule has 1 nitrogen and oxygen atoms in total. The number of benzene rings is 2. The highest BCUT2D eigenvalue weighted by molar-refractivity contribution is 9.10. The van der Waals surface area contributed by atoms with Crippen molar-refractivity contribution >= 4 is 15.9 Å². The smallest absolute Gasteiger partial charge is 0.352 e. The molecule has 0 aromatic heterocycles. The minimum absolute atomic E-state index is 0.139. The lowest BCUT2D eigenvalue weighted by Crippen LogP contribution is -2.30.